The molecule has 4 fully saturated rings. The number of carbonyl (C=O) groups is 2. The Hall–Kier alpha value is -1.52. The number of hydrogen-bond donors (Lipinski definition) is 4. The third-order valence-electron chi connectivity index (χ3n) is 7.64. The third kappa shape index (κ3) is 1.65. The Bertz CT molecular complexity index is 779. The van der Waals surface area contributed by atoms with E-state index in [2.05, 4.69) is 0 Å². The van der Waals surface area contributed by atoms with Crippen LogP contribution in [0.3, 0.4) is 0 Å². The van der Waals surface area contributed by atoms with Crippen LogP contribution < -0.4 is 0 Å². The van der Waals surface area contributed by atoms with Crippen LogP contribution in [0.15, 0.2) is 11.6 Å². The second kappa shape index (κ2) is 4.90. The van der Waals surface area contributed by atoms with Crippen LogP contribution in [0.5, 0.6) is 0 Å². The third-order valence-corrected chi connectivity index (χ3v) is 7.64. The van der Waals surface area contributed by atoms with Crippen molar-refractivity contribution in [2.45, 2.75) is 62.5 Å². The summed E-state index contributed by atoms with van der Waals surface area (Å²) in [6.07, 6.45) is -5.95. The highest BCUT2D eigenvalue weighted by atomic mass is 16.6. The maximum atomic E-state index is 12.1. The molecule has 0 aromatic heterocycles. The first-order valence-electron chi connectivity index (χ1n) is 9.06. The fraction of sp³-hybridized carbons (Fsp3) is 0.778. The molecule has 9 nitrogen and oxygen atoms in total. The number of esters is 2. The van der Waals surface area contributed by atoms with Crippen molar-refractivity contribution in [3.05, 3.63) is 11.6 Å². The number of hydrogen-bond acceptors (Lipinski definition) is 9. The van der Waals surface area contributed by atoms with E-state index in [0.717, 1.165) is 0 Å². The fourth-order valence-electron chi connectivity index (χ4n) is 6.72. The molecular weight excluding hydrogens is 360 g/mol. The van der Waals surface area contributed by atoms with Crippen LogP contribution in [0.4, 0.5) is 0 Å². The molecule has 3 heterocycles. The van der Waals surface area contributed by atoms with E-state index in [-0.39, 0.29) is 13.0 Å². The highest BCUT2D eigenvalue weighted by molar-refractivity contribution is 5.86. The van der Waals surface area contributed by atoms with Gasteiger partial charge in [0, 0.05) is 17.4 Å². The zero-order valence-electron chi connectivity index (χ0n) is 14.9. The zero-order chi connectivity index (χ0) is 19.5. The first-order valence-corrected chi connectivity index (χ1v) is 9.06. The molecule has 148 valence electrons. The lowest BCUT2D eigenvalue weighted by molar-refractivity contribution is -0.296. The van der Waals surface area contributed by atoms with Gasteiger partial charge in [-0.05, 0) is 18.9 Å². The van der Waals surface area contributed by atoms with Crippen molar-refractivity contribution >= 4 is 11.9 Å². The second-order valence-electron chi connectivity index (χ2n) is 8.80. The summed E-state index contributed by atoms with van der Waals surface area (Å²) in [5, 5.41) is 44.2. The Kier molecular flexibility index (Phi) is 3.19. The first-order chi connectivity index (χ1) is 12.6. The van der Waals surface area contributed by atoms with Gasteiger partial charge < -0.3 is 34.6 Å². The monoisotopic (exact) mass is 382 g/mol. The molecule has 27 heavy (non-hydrogen) atoms. The summed E-state index contributed by atoms with van der Waals surface area (Å²) >= 11 is 0. The lowest BCUT2D eigenvalue weighted by atomic mass is 9.50. The summed E-state index contributed by atoms with van der Waals surface area (Å²) in [5.74, 6) is -2.40. The maximum Gasteiger partial charge on any atom is 0.338 e. The van der Waals surface area contributed by atoms with Crippen molar-refractivity contribution in [1.29, 1.82) is 0 Å². The Morgan fingerprint density at radius 1 is 1.19 bits per heavy atom. The second-order valence-corrected chi connectivity index (χ2v) is 8.80. The lowest BCUT2D eigenvalue weighted by Gasteiger charge is -2.59. The Morgan fingerprint density at radius 3 is 2.52 bits per heavy atom. The normalized spacial score (nSPS) is 58.6. The van der Waals surface area contributed by atoms with Gasteiger partial charge in [0.05, 0.1) is 24.2 Å². The predicted molar refractivity (Wildman–Crippen MR) is 84.9 cm³/mol. The van der Waals surface area contributed by atoms with E-state index in [4.69, 9.17) is 14.2 Å². The van der Waals surface area contributed by atoms with Crippen molar-refractivity contribution in [3.63, 3.8) is 0 Å². The van der Waals surface area contributed by atoms with Gasteiger partial charge in [-0.2, -0.15) is 0 Å². The van der Waals surface area contributed by atoms with E-state index in [9.17, 15) is 30.0 Å². The van der Waals surface area contributed by atoms with E-state index in [0.29, 0.717) is 5.57 Å². The van der Waals surface area contributed by atoms with Crippen LogP contribution in [0.1, 0.15) is 20.3 Å². The largest absolute Gasteiger partial charge is 0.455 e. The molecule has 9 heteroatoms. The van der Waals surface area contributed by atoms with Crippen LogP contribution in [0, 0.1) is 16.7 Å². The molecule has 10 atom stereocenters. The average molecular weight is 382 g/mol. The average Bonchev–Trinajstić information content (AvgIpc) is 3.13. The van der Waals surface area contributed by atoms with Gasteiger partial charge in [0.25, 0.3) is 0 Å². The minimum Gasteiger partial charge on any atom is -0.455 e. The van der Waals surface area contributed by atoms with Gasteiger partial charge in [0.2, 0.25) is 0 Å². The topological polar surface area (TPSA) is 143 Å². The fourth-order valence-corrected chi connectivity index (χ4v) is 6.72. The molecule has 5 aliphatic rings. The van der Waals surface area contributed by atoms with Gasteiger partial charge in [-0.3, -0.25) is 0 Å². The summed E-state index contributed by atoms with van der Waals surface area (Å²) in [6, 6.07) is 0. The van der Waals surface area contributed by atoms with Gasteiger partial charge in [-0.15, -0.1) is 0 Å². The summed E-state index contributed by atoms with van der Waals surface area (Å²) in [6.45, 7) is 3.34. The molecule has 0 unspecified atom stereocenters. The van der Waals surface area contributed by atoms with E-state index in [1.54, 1.807) is 13.8 Å². The molecule has 3 aliphatic heterocycles. The number of aliphatic hydroxyl groups excluding tert-OH is 3. The van der Waals surface area contributed by atoms with Crippen LogP contribution >= 0.6 is 0 Å². The molecule has 4 N–H and O–H groups in total. The number of carbonyl (C=O) groups excluding carboxylic acids is 2. The van der Waals surface area contributed by atoms with Gasteiger partial charge in [-0.1, -0.05) is 6.92 Å². The maximum absolute atomic E-state index is 12.1. The summed E-state index contributed by atoms with van der Waals surface area (Å²) in [7, 11) is 0. The zero-order valence-corrected chi connectivity index (χ0v) is 14.9. The van der Waals surface area contributed by atoms with Gasteiger partial charge >= 0.3 is 11.9 Å². The van der Waals surface area contributed by atoms with E-state index in [1.807, 2.05) is 0 Å². The molecule has 0 aromatic rings. The Balaban J connectivity index is 1.70. The van der Waals surface area contributed by atoms with Crippen molar-refractivity contribution in [2.24, 2.45) is 16.7 Å². The van der Waals surface area contributed by atoms with Crippen molar-refractivity contribution in [1.82, 2.24) is 0 Å². The minimum absolute atomic E-state index is 0.0872. The van der Waals surface area contributed by atoms with Gasteiger partial charge in [0.1, 0.15) is 17.8 Å². The highest BCUT2D eigenvalue weighted by Crippen LogP contribution is 2.70. The van der Waals surface area contributed by atoms with Gasteiger partial charge in [-0.25, -0.2) is 9.59 Å². The molecule has 0 aromatic carbocycles. The van der Waals surface area contributed by atoms with Crippen molar-refractivity contribution < 1.29 is 44.2 Å². The van der Waals surface area contributed by atoms with Gasteiger partial charge in [0.15, 0.2) is 12.2 Å². The molecule has 2 saturated carbocycles. The molecule has 0 radical (unpaired) electrons. The molecule has 2 aliphatic carbocycles. The summed E-state index contributed by atoms with van der Waals surface area (Å²) in [4.78, 5) is 23.9. The molecule has 4 bridgehead atoms. The first kappa shape index (κ1) is 17.6. The van der Waals surface area contributed by atoms with Crippen LogP contribution in [-0.2, 0) is 23.8 Å². The molecule has 0 amide bonds. The smallest absolute Gasteiger partial charge is 0.338 e. The lowest BCUT2D eigenvalue weighted by Crippen LogP contribution is -2.79. The van der Waals surface area contributed by atoms with Crippen molar-refractivity contribution in [2.75, 3.05) is 6.61 Å². The molecular formula is C18H22O9. The SMILES string of the molecule is CC1=CC(=O)O[C@H]1[C@@]1(C)C[C@@H](O)[C@@]23CO[C@@H]4[C@@H](OC(=O)[C@@H](O)[C@@]42O)[C@H](O)[C@H]13. The van der Waals surface area contributed by atoms with E-state index < -0.39 is 70.9 Å². The minimum atomic E-state index is -2.10. The van der Waals surface area contributed by atoms with E-state index >= 15 is 0 Å². The quantitative estimate of drug-likeness (QED) is 0.380. The standard InChI is InChI=1S/C18H22O9/c1-6-3-8(20)26-13(6)16(2)4-7(19)17-5-25-14-10(9(21)11(16)17)27-15(23)12(22)18(14,17)24/h3,7,9-14,19,21-22,24H,4-5H2,1-2H3/t7-,9+,10+,11-,12-,13-,14-,16+,17-,18-/m1/s1. The van der Waals surface area contributed by atoms with Crippen molar-refractivity contribution in [3.8, 4) is 0 Å². The number of rotatable bonds is 1. The van der Waals surface area contributed by atoms with E-state index in [1.165, 1.54) is 6.08 Å². The van der Waals surface area contributed by atoms with Crippen LogP contribution in [0.25, 0.3) is 0 Å². The number of ether oxygens (including phenoxy) is 3. The molecule has 5 rings (SSSR count). The Morgan fingerprint density at radius 2 is 1.89 bits per heavy atom. The molecule has 2 saturated heterocycles. The molecule has 1 spiro atoms. The number of aliphatic hydroxyl groups is 4. The summed E-state index contributed by atoms with van der Waals surface area (Å²) < 4.78 is 16.3. The Labute approximate surface area is 154 Å². The summed E-state index contributed by atoms with van der Waals surface area (Å²) in [5.41, 5.74) is -3.90. The van der Waals surface area contributed by atoms with Crippen LogP contribution in [-0.4, -0.2) is 81.2 Å². The predicted octanol–water partition coefficient (Wildman–Crippen LogP) is -1.98. The highest BCUT2D eigenvalue weighted by Gasteiger charge is 2.85. The number of cyclic esters (lactones) is 1. The van der Waals surface area contributed by atoms with Crippen LogP contribution in [0.2, 0.25) is 0 Å².